The average Bonchev–Trinajstić information content (AvgIpc) is 3.02. The minimum absolute atomic E-state index is 0.124. The van der Waals surface area contributed by atoms with Gasteiger partial charge < -0.3 is 28.8 Å². The number of nitrogens with one attached hydrogen (secondary N) is 2. The number of aliphatic hydroxyl groups excluding tert-OH is 1. The van der Waals surface area contributed by atoms with Gasteiger partial charge >= 0.3 is 18.2 Å². The normalized spacial score (nSPS) is 11.7. The fourth-order valence-corrected chi connectivity index (χ4v) is 4.35. The van der Waals surface area contributed by atoms with Crippen molar-refractivity contribution in [3.05, 3.63) is 89.5 Å². The molecule has 1 unspecified atom stereocenters. The number of anilines is 2. The van der Waals surface area contributed by atoms with Crippen LogP contribution in [0.1, 0.15) is 72.1 Å². The summed E-state index contributed by atoms with van der Waals surface area (Å²) in [6.45, 7) is 16.0. The highest BCUT2D eigenvalue weighted by Gasteiger charge is 2.21. The van der Waals surface area contributed by atoms with Crippen molar-refractivity contribution in [1.82, 2.24) is 0 Å². The summed E-state index contributed by atoms with van der Waals surface area (Å²) in [5.41, 5.74) is 3.42. The summed E-state index contributed by atoms with van der Waals surface area (Å²) in [6, 6.07) is 22.5. The number of ether oxygens (including phenoxy) is 5. The standard InChI is InChI=1S/C26H35NO6.C13H19NO3/c1-6-30-23(24(28)31-7-2)18-20-10-14-22(15-11-20)32-17-16-19-8-12-21(13-9-19)27-25(29)33-26(3,4)5;1-13(2,3)17-12(16)14-11-6-4-10(5-7-11)8-9-15/h8-15,23H,6-7,16-18H2,1-5H3,(H,27,29);4-7,15H,8-9H2,1-3H3,(H,14,16). The van der Waals surface area contributed by atoms with E-state index >= 15 is 0 Å². The Morgan fingerprint density at radius 1 is 0.660 bits per heavy atom. The van der Waals surface area contributed by atoms with Crippen molar-refractivity contribution in [2.24, 2.45) is 0 Å². The molecular weight excluding hydrogens is 640 g/mol. The summed E-state index contributed by atoms with van der Waals surface area (Å²) < 4.78 is 26.8. The minimum Gasteiger partial charge on any atom is -0.493 e. The van der Waals surface area contributed by atoms with E-state index in [9.17, 15) is 14.4 Å². The summed E-state index contributed by atoms with van der Waals surface area (Å²) >= 11 is 0. The van der Waals surface area contributed by atoms with E-state index in [1.54, 1.807) is 19.1 Å². The summed E-state index contributed by atoms with van der Waals surface area (Å²) in [6.07, 6.45) is 0.256. The highest BCUT2D eigenvalue weighted by Crippen LogP contribution is 2.17. The molecule has 1 atom stereocenters. The first-order valence-corrected chi connectivity index (χ1v) is 16.9. The molecule has 0 saturated carbocycles. The second-order valence-electron chi connectivity index (χ2n) is 13.3. The van der Waals surface area contributed by atoms with Gasteiger partial charge in [-0.2, -0.15) is 0 Å². The van der Waals surface area contributed by atoms with Gasteiger partial charge in [-0.25, -0.2) is 14.4 Å². The van der Waals surface area contributed by atoms with Crippen LogP contribution in [0.3, 0.4) is 0 Å². The lowest BCUT2D eigenvalue weighted by atomic mass is 10.1. The van der Waals surface area contributed by atoms with Gasteiger partial charge in [0.05, 0.1) is 13.2 Å². The molecule has 0 fully saturated rings. The largest absolute Gasteiger partial charge is 0.493 e. The third kappa shape index (κ3) is 17.7. The van der Waals surface area contributed by atoms with Gasteiger partial charge in [0.1, 0.15) is 17.0 Å². The van der Waals surface area contributed by atoms with Gasteiger partial charge in [-0.1, -0.05) is 36.4 Å². The number of carbonyl (C=O) groups excluding carboxylic acids is 3. The highest BCUT2D eigenvalue weighted by atomic mass is 16.6. The second kappa shape index (κ2) is 20.8. The number of hydrogen-bond donors (Lipinski definition) is 3. The Morgan fingerprint density at radius 2 is 1.12 bits per heavy atom. The molecule has 0 aromatic heterocycles. The van der Waals surface area contributed by atoms with Crippen LogP contribution < -0.4 is 15.4 Å². The Balaban J connectivity index is 0.000000428. The molecule has 50 heavy (non-hydrogen) atoms. The van der Waals surface area contributed by atoms with Crippen LogP contribution in [0.2, 0.25) is 0 Å². The third-order valence-corrected chi connectivity index (χ3v) is 6.52. The van der Waals surface area contributed by atoms with Gasteiger partial charge in [0.2, 0.25) is 0 Å². The Bertz CT molecular complexity index is 1440. The number of hydrogen-bond acceptors (Lipinski definition) is 9. The molecule has 0 heterocycles. The van der Waals surface area contributed by atoms with Crippen LogP contribution in [0, 0.1) is 0 Å². The number of esters is 1. The maximum atomic E-state index is 12.0. The van der Waals surface area contributed by atoms with E-state index in [4.69, 9.17) is 28.8 Å². The highest BCUT2D eigenvalue weighted by molar-refractivity contribution is 5.85. The van der Waals surface area contributed by atoms with E-state index in [2.05, 4.69) is 10.6 Å². The molecule has 3 aromatic rings. The van der Waals surface area contributed by atoms with Crippen LogP contribution in [0.4, 0.5) is 21.0 Å². The van der Waals surface area contributed by atoms with Gasteiger partial charge in [0, 0.05) is 37.4 Å². The number of carbonyl (C=O) groups is 3. The first-order chi connectivity index (χ1) is 23.6. The zero-order valence-corrected chi connectivity index (χ0v) is 30.7. The minimum atomic E-state index is -0.602. The third-order valence-electron chi connectivity index (χ3n) is 6.52. The van der Waals surface area contributed by atoms with Gasteiger partial charge in [-0.05, 0) is 115 Å². The molecule has 0 bridgehead atoms. The monoisotopic (exact) mass is 694 g/mol. The molecule has 11 nitrogen and oxygen atoms in total. The Kier molecular flexibility index (Phi) is 17.3. The lowest BCUT2D eigenvalue weighted by Gasteiger charge is -2.19. The Labute approximate surface area is 296 Å². The van der Waals surface area contributed by atoms with Gasteiger partial charge in [-0.15, -0.1) is 0 Å². The number of aliphatic hydroxyl groups is 1. The van der Waals surface area contributed by atoms with Crippen LogP contribution in [0.25, 0.3) is 0 Å². The zero-order valence-electron chi connectivity index (χ0n) is 30.7. The van der Waals surface area contributed by atoms with Crippen molar-refractivity contribution < 1.29 is 43.2 Å². The van der Waals surface area contributed by atoms with Crippen LogP contribution in [0.5, 0.6) is 5.75 Å². The van der Waals surface area contributed by atoms with Crippen LogP contribution >= 0.6 is 0 Å². The van der Waals surface area contributed by atoms with Gasteiger partial charge in [-0.3, -0.25) is 10.6 Å². The van der Waals surface area contributed by atoms with E-state index in [-0.39, 0.29) is 12.6 Å². The van der Waals surface area contributed by atoms with Crippen LogP contribution in [-0.2, 0) is 43.0 Å². The predicted octanol–water partition coefficient (Wildman–Crippen LogP) is 7.73. The number of amides is 2. The summed E-state index contributed by atoms with van der Waals surface area (Å²) in [5.74, 6) is 0.415. The molecule has 11 heteroatoms. The topological polar surface area (TPSA) is 142 Å². The van der Waals surface area contributed by atoms with Crippen molar-refractivity contribution >= 4 is 29.5 Å². The number of benzene rings is 3. The van der Waals surface area contributed by atoms with E-state index in [1.165, 1.54) is 0 Å². The molecule has 3 N–H and O–H groups in total. The summed E-state index contributed by atoms with van der Waals surface area (Å²) in [7, 11) is 0. The molecule has 3 aromatic carbocycles. The van der Waals surface area contributed by atoms with Crippen molar-refractivity contribution in [2.75, 3.05) is 37.1 Å². The van der Waals surface area contributed by atoms with Crippen molar-refractivity contribution in [3.63, 3.8) is 0 Å². The Morgan fingerprint density at radius 3 is 1.54 bits per heavy atom. The van der Waals surface area contributed by atoms with Crippen molar-refractivity contribution in [3.8, 4) is 5.75 Å². The molecule has 3 rings (SSSR count). The summed E-state index contributed by atoms with van der Waals surface area (Å²) in [5, 5.41) is 14.1. The lowest BCUT2D eigenvalue weighted by molar-refractivity contribution is -0.156. The van der Waals surface area contributed by atoms with Crippen LogP contribution in [0.15, 0.2) is 72.8 Å². The molecule has 0 aliphatic rings. The van der Waals surface area contributed by atoms with E-state index in [1.807, 2.05) is 109 Å². The average molecular weight is 695 g/mol. The molecule has 274 valence electrons. The molecule has 0 aliphatic heterocycles. The van der Waals surface area contributed by atoms with Gasteiger partial charge in [0.15, 0.2) is 6.10 Å². The smallest absolute Gasteiger partial charge is 0.412 e. The second-order valence-corrected chi connectivity index (χ2v) is 13.3. The fourth-order valence-electron chi connectivity index (χ4n) is 4.35. The first kappa shape index (κ1) is 41.6. The van der Waals surface area contributed by atoms with E-state index in [0.29, 0.717) is 44.0 Å². The molecular formula is C39H54N2O9. The quantitative estimate of drug-likeness (QED) is 0.114. The first-order valence-electron chi connectivity index (χ1n) is 16.9. The molecule has 2 amide bonds. The predicted molar refractivity (Wildman–Crippen MR) is 195 cm³/mol. The van der Waals surface area contributed by atoms with E-state index < -0.39 is 29.5 Å². The van der Waals surface area contributed by atoms with Crippen LogP contribution in [-0.4, -0.2) is 67.0 Å². The molecule has 0 saturated heterocycles. The molecule has 0 spiro atoms. The fraction of sp³-hybridized carbons (Fsp3) is 0.462. The maximum Gasteiger partial charge on any atom is 0.412 e. The van der Waals surface area contributed by atoms with Crippen molar-refractivity contribution in [2.45, 2.75) is 92.0 Å². The Hall–Kier alpha value is -4.61. The number of rotatable bonds is 14. The zero-order chi connectivity index (χ0) is 37.2. The van der Waals surface area contributed by atoms with E-state index in [0.717, 1.165) is 28.9 Å². The maximum absolute atomic E-state index is 12.0. The lowest BCUT2D eigenvalue weighted by Crippen LogP contribution is -2.28. The molecule has 0 radical (unpaired) electrons. The van der Waals surface area contributed by atoms with Gasteiger partial charge in [0.25, 0.3) is 0 Å². The SMILES string of the molecule is CC(C)(C)OC(=O)Nc1ccc(CCO)cc1.CCOC(=O)C(Cc1ccc(OCCc2ccc(NC(=O)OC(C)(C)C)cc2)cc1)OCC. The summed E-state index contributed by atoms with van der Waals surface area (Å²) in [4.78, 5) is 35.3. The molecule has 0 aliphatic carbocycles. The van der Waals surface area contributed by atoms with Crippen molar-refractivity contribution in [1.29, 1.82) is 0 Å².